The van der Waals surface area contributed by atoms with Crippen LogP contribution in [0.5, 0.6) is 0 Å². The van der Waals surface area contributed by atoms with Gasteiger partial charge in [-0.2, -0.15) is 0 Å². The highest BCUT2D eigenvalue weighted by Crippen LogP contribution is 2.36. The molecule has 0 radical (unpaired) electrons. The lowest BCUT2D eigenvalue weighted by Crippen LogP contribution is -2.51. The van der Waals surface area contributed by atoms with E-state index in [0.29, 0.717) is 19.6 Å². The van der Waals surface area contributed by atoms with Gasteiger partial charge in [-0.25, -0.2) is 4.79 Å². The number of fused-ring (bicyclic) bond motifs is 1. The van der Waals surface area contributed by atoms with Crippen molar-refractivity contribution in [3.8, 4) is 0 Å². The number of carbonyl (C=O) groups excluding carboxylic acids is 1. The van der Waals surface area contributed by atoms with Crippen LogP contribution in [-0.4, -0.2) is 24.5 Å². The molecule has 4 rings (SSSR count). The van der Waals surface area contributed by atoms with Gasteiger partial charge in [0.2, 0.25) is 5.60 Å². The van der Waals surface area contributed by atoms with Gasteiger partial charge >= 0.3 is 5.97 Å². The van der Waals surface area contributed by atoms with Gasteiger partial charge in [0.05, 0.1) is 0 Å². The van der Waals surface area contributed by atoms with E-state index >= 15 is 0 Å². The Kier molecular flexibility index (Phi) is 5.74. The van der Waals surface area contributed by atoms with Gasteiger partial charge in [-0.15, -0.1) is 0 Å². The average molecular weight is 387 g/mol. The molecular weight excluding hydrogens is 362 g/mol. The molecule has 0 N–H and O–H groups in total. The topological polar surface area (TPSA) is 38.8 Å². The maximum Gasteiger partial charge on any atom is 0.344 e. The first-order valence-electron chi connectivity index (χ1n) is 9.82. The first kappa shape index (κ1) is 19.4. The number of nitrogens with zero attached hydrogens (tertiary/aromatic N) is 1. The lowest BCUT2D eigenvalue weighted by Gasteiger charge is -2.39. The molecular formula is C25H25NO3. The maximum absolute atomic E-state index is 13.0. The summed E-state index contributed by atoms with van der Waals surface area (Å²) in [5.41, 5.74) is 3.12. The summed E-state index contributed by atoms with van der Waals surface area (Å²) in [6, 6.07) is 28.4. The number of rotatable bonds is 7. The third kappa shape index (κ3) is 4.09. The van der Waals surface area contributed by atoms with E-state index in [1.54, 1.807) is 7.11 Å². The molecule has 29 heavy (non-hydrogen) atoms. The zero-order valence-electron chi connectivity index (χ0n) is 16.6. The molecule has 0 saturated heterocycles. The van der Waals surface area contributed by atoms with Gasteiger partial charge in [-0.1, -0.05) is 84.9 Å². The van der Waals surface area contributed by atoms with Crippen LogP contribution < -0.4 is 0 Å². The zero-order valence-corrected chi connectivity index (χ0v) is 16.6. The largest absolute Gasteiger partial charge is 0.458 e. The molecule has 3 aromatic rings. The van der Waals surface area contributed by atoms with E-state index in [9.17, 15) is 4.79 Å². The van der Waals surface area contributed by atoms with Crippen molar-refractivity contribution in [3.05, 3.63) is 107 Å². The second-order valence-corrected chi connectivity index (χ2v) is 7.38. The van der Waals surface area contributed by atoms with Crippen LogP contribution in [0.25, 0.3) is 0 Å². The van der Waals surface area contributed by atoms with Crippen molar-refractivity contribution in [3.63, 3.8) is 0 Å². The molecule has 148 valence electrons. The third-order valence-electron chi connectivity index (χ3n) is 5.43. The van der Waals surface area contributed by atoms with Crippen molar-refractivity contribution in [2.45, 2.75) is 25.3 Å². The fourth-order valence-corrected chi connectivity index (χ4v) is 3.98. The van der Waals surface area contributed by atoms with Crippen LogP contribution in [0.1, 0.15) is 22.3 Å². The zero-order chi connectivity index (χ0) is 20.1. The Bertz CT molecular complexity index is 917. The third-order valence-corrected chi connectivity index (χ3v) is 5.43. The molecule has 0 aromatic heterocycles. The van der Waals surface area contributed by atoms with E-state index in [1.807, 2.05) is 60.7 Å². The molecule has 1 heterocycles. The molecule has 0 saturated carbocycles. The average Bonchev–Trinajstić information content (AvgIpc) is 2.77. The molecule has 0 aliphatic carbocycles. The number of esters is 1. The highest BCUT2D eigenvalue weighted by Gasteiger charge is 2.47. The van der Waals surface area contributed by atoms with Gasteiger partial charge in [0.15, 0.2) is 0 Å². The Morgan fingerprint density at radius 2 is 1.41 bits per heavy atom. The monoisotopic (exact) mass is 387 g/mol. The molecule has 0 fully saturated rings. The summed E-state index contributed by atoms with van der Waals surface area (Å²) in [5.74, 6) is -0.329. The van der Waals surface area contributed by atoms with Crippen LogP contribution in [0.2, 0.25) is 0 Å². The van der Waals surface area contributed by atoms with Crippen molar-refractivity contribution in [1.82, 2.24) is 4.90 Å². The maximum atomic E-state index is 13.0. The van der Waals surface area contributed by atoms with Crippen LogP contribution in [0.3, 0.4) is 0 Å². The van der Waals surface area contributed by atoms with Crippen molar-refractivity contribution in [2.24, 2.45) is 0 Å². The fraction of sp³-hybridized carbons (Fsp3) is 0.240. The number of hydrogen-bond acceptors (Lipinski definition) is 4. The summed E-state index contributed by atoms with van der Waals surface area (Å²) >= 11 is 0. The molecule has 4 nitrogen and oxygen atoms in total. The van der Waals surface area contributed by atoms with Crippen molar-refractivity contribution < 1.29 is 14.3 Å². The number of carbonyl (C=O) groups is 1. The number of hydrogen-bond donors (Lipinski definition) is 0. The fourth-order valence-electron chi connectivity index (χ4n) is 3.98. The van der Waals surface area contributed by atoms with Gasteiger partial charge in [0.1, 0.15) is 6.61 Å². The van der Waals surface area contributed by atoms with Crippen LogP contribution in [0.15, 0.2) is 84.9 Å². The van der Waals surface area contributed by atoms with E-state index in [-0.39, 0.29) is 12.6 Å². The minimum atomic E-state index is -1.14. The minimum absolute atomic E-state index is 0.289. The van der Waals surface area contributed by atoms with Crippen LogP contribution in [0, 0.1) is 0 Å². The van der Waals surface area contributed by atoms with Crippen LogP contribution in [-0.2, 0) is 39.6 Å². The van der Waals surface area contributed by atoms with E-state index < -0.39 is 5.60 Å². The summed E-state index contributed by atoms with van der Waals surface area (Å²) < 4.78 is 11.4. The lowest BCUT2D eigenvalue weighted by molar-refractivity contribution is -0.179. The molecule has 0 amide bonds. The highest BCUT2D eigenvalue weighted by molar-refractivity contribution is 5.83. The molecule has 0 bridgehead atoms. The Hall–Kier alpha value is -2.95. The number of cyclic esters (lactones) is 1. The Balaban J connectivity index is 1.69. The summed E-state index contributed by atoms with van der Waals surface area (Å²) in [7, 11) is 1.59. The molecule has 1 aliphatic rings. The normalized spacial score (nSPS) is 18.3. The molecule has 0 unspecified atom stereocenters. The number of benzene rings is 3. The number of ether oxygens (including phenoxy) is 2. The molecule has 4 heteroatoms. The summed E-state index contributed by atoms with van der Waals surface area (Å²) in [5, 5.41) is 0. The van der Waals surface area contributed by atoms with Gasteiger partial charge in [-0.3, -0.25) is 4.90 Å². The highest BCUT2D eigenvalue weighted by atomic mass is 16.6. The van der Waals surface area contributed by atoms with E-state index in [2.05, 4.69) is 29.2 Å². The molecule has 3 aromatic carbocycles. The van der Waals surface area contributed by atoms with Crippen molar-refractivity contribution in [2.75, 3.05) is 13.7 Å². The SMILES string of the molecule is CO[C@]1(CN(Cc2ccccc2)Cc2ccccc2)C(=O)OCc2ccccc21. The second kappa shape index (κ2) is 8.60. The van der Waals surface area contributed by atoms with Crippen molar-refractivity contribution in [1.29, 1.82) is 0 Å². The van der Waals surface area contributed by atoms with Gasteiger partial charge < -0.3 is 9.47 Å². The second-order valence-electron chi connectivity index (χ2n) is 7.38. The Labute approximate surface area is 171 Å². The van der Waals surface area contributed by atoms with Crippen LogP contribution in [0.4, 0.5) is 0 Å². The number of methoxy groups -OCH3 is 1. The Morgan fingerprint density at radius 1 is 0.862 bits per heavy atom. The lowest BCUT2D eigenvalue weighted by atomic mass is 9.87. The summed E-state index contributed by atoms with van der Waals surface area (Å²) in [6.45, 7) is 2.10. The smallest absolute Gasteiger partial charge is 0.344 e. The predicted molar refractivity (Wildman–Crippen MR) is 112 cm³/mol. The van der Waals surface area contributed by atoms with Gasteiger partial charge in [0, 0.05) is 32.3 Å². The standard InChI is InChI=1S/C25H25NO3/c1-28-25(23-15-9-8-14-22(23)18-29-24(25)27)19-26(16-20-10-4-2-5-11-20)17-21-12-6-3-7-13-21/h2-15H,16-19H2,1H3/t25-/m0/s1. The van der Waals surface area contributed by atoms with E-state index in [4.69, 9.17) is 9.47 Å². The summed E-state index contributed by atoms with van der Waals surface area (Å²) in [4.78, 5) is 15.2. The molecule has 1 aliphatic heterocycles. The van der Waals surface area contributed by atoms with Gasteiger partial charge in [-0.05, 0) is 16.7 Å². The van der Waals surface area contributed by atoms with E-state index in [0.717, 1.165) is 11.1 Å². The first-order chi connectivity index (χ1) is 14.2. The van der Waals surface area contributed by atoms with Crippen LogP contribution >= 0.6 is 0 Å². The van der Waals surface area contributed by atoms with E-state index in [1.165, 1.54) is 11.1 Å². The van der Waals surface area contributed by atoms with Gasteiger partial charge in [0.25, 0.3) is 0 Å². The molecule has 0 spiro atoms. The minimum Gasteiger partial charge on any atom is -0.458 e. The predicted octanol–water partition coefficient (Wildman–Crippen LogP) is 4.29. The first-order valence-corrected chi connectivity index (χ1v) is 9.82. The summed E-state index contributed by atoms with van der Waals surface area (Å²) in [6.07, 6.45) is 0. The Morgan fingerprint density at radius 3 is 2.00 bits per heavy atom. The molecule has 1 atom stereocenters. The quantitative estimate of drug-likeness (QED) is 0.567. The van der Waals surface area contributed by atoms with Crippen molar-refractivity contribution >= 4 is 5.97 Å².